The molecule has 6 nitrogen and oxygen atoms in total. The molecule has 1 heterocycles. The molecule has 3 aromatic rings. The van der Waals surface area contributed by atoms with Gasteiger partial charge in [0.25, 0.3) is 5.91 Å². The highest BCUT2D eigenvalue weighted by molar-refractivity contribution is 6.03. The van der Waals surface area contributed by atoms with E-state index in [1.807, 2.05) is 6.07 Å². The van der Waals surface area contributed by atoms with Crippen LogP contribution in [0.25, 0.3) is 0 Å². The molecule has 0 fully saturated rings. The summed E-state index contributed by atoms with van der Waals surface area (Å²) in [4.78, 5) is 16.6. The Morgan fingerprint density at radius 3 is 2.73 bits per heavy atom. The second-order valence-corrected chi connectivity index (χ2v) is 5.40. The largest absolute Gasteiger partial charge is 0.497 e. The number of carbonyl (C=O) groups is 1. The molecule has 0 bridgehead atoms. The van der Waals surface area contributed by atoms with E-state index in [9.17, 15) is 4.79 Å². The number of carbonyl (C=O) groups excluding carboxylic acids is 1. The number of para-hydroxylation sites is 1. The number of methoxy groups -OCH3 is 1. The Kier molecular flexibility index (Phi) is 5.11. The molecule has 0 radical (unpaired) electrons. The van der Waals surface area contributed by atoms with Gasteiger partial charge in [0.2, 0.25) is 0 Å². The zero-order valence-corrected chi connectivity index (χ0v) is 14.1. The van der Waals surface area contributed by atoms with Crippen LogP contribution in [0.4, 0.5) is 17.1 Å². The van der Waals surface area contributed by atoms with Gasteiger partial charge in [-0.15, -0.1) is 0 Å². The van der Waals surface area contributed by atoms with Crippen molar-refractivity contribution in [2.45, 2.75) is 0 Å². The summed E-state index contributed by atoms with van der Waals surface area (Å²) in [7, 11) is 1.57. The molecule has 128 valence electrons. The van der Waals surface area contributed by atoms with E-state index in [4.69, 9.17) is 10.00 Å². The second kappa shape index (κ2) is 7.81. The fourth-order valence-corrected chi connectivity index (χ4v) is 2.37. The SMILES string of the molecule is COc1cccc(NC(=O)c2cc(Nc3ccccc3C#N)ccn2)c1. The van der Waals surface area contributed by atoms with Crippen LogP contribution in [0.1, 0.15) is 16.1 Å². The number of benzene rings is 2. The number of pyridine rings is 1. The highest BCUT2D eigenvalue weighted by Crippen LogP contribution is 2.21. The molecule has 0 saturated heterocycles. The Balaban J connectivity index is 1.78. The normalized spacial score (nSPS) is 9.85. The third-order valence-electron chi connectivity index (χ3n) is 3.65. The predicted molar refractivity (Wildman–Crippen MR) is 99.6 cm³/mol. The van der Waals surface area contributed by atoms with Gasteiger partial charge in [0.1, 0.15) is 17.5 Å². The Hall–Kier alpha value is -3.85. The molecule has 0 atom stereocenters. The summed E-state index contributed by atoms with van der Waals surface area (Å²) in [6.07, 6.45) is 1.54. The minimum atomic E-state index is -0.338. The second-order valence-electron chi connectivity index (χ2n) is 5.40. The standard InChI is InChI=1S/C20H16N4O2/c1-26-17-7-4-6-15(11-17)24-20(25)19-12-16(9-10-22-19)23-18-8-3-2-5-14(18)13-21/h2-12H,1H3,(H,22,23)(H,24,25). The number of anilines is 3. The van der Waals surface area contributed by atoms with E-state index < -0.39 is 0 Å². The van der Waals surface area contributed by atoms with Gasteiger partial charge < -0.3 is 15.4 Å². The molecule has 0 unspecified atom stereocenters. The van der Waals surface area contributed by atoms with Crippen molar-refractivity contribution in [1.82, 2.24) is 4.98 Å². The average molecular weight is 344 g/mol. The van der Waals surface area contributed by atoms with Gasteiger partial charge in [-0.25, -0.2) is 0 Å². The van der Waals surface area contributed by atoms with E-state index in [1.54, 1.807) is 61.7 Å². The van der Waals surface area contributed by atoms with Gasteiger partial charge in [-0.05, 0) is 36.4 Å². The molecule has 1 amide bonds. The first kappa shape index (κ1) is 17.0. The van der Waals surface area contributed by atoms with Crippen LogP contribution in [-0.4, -0.2) is 18.0 Å². The Morgan fingerprint density at radius 1 is 1.08 bits per heavy atom. The van der Waals surface area contributed by atoms with Gasteiger partial charge in [0.15, 0.2) is 0 Å². The fraction of sp³-hybridized carbons (Fsp3) is 0.0500. The van der Waals surface area contributed by atoms with E-state index >= 15 is 0 Å². The molecule has 3 rings (SSSR count). The van der Waals surface area contributed by atoms with Crippen molar-refractivity contribution in [2.24, 2.45) is 0 Å². The van der Waals surface area contributed by atoms with Gasteiger partial charge in [-0.1, -0.05) is 18.2 Å². The lowest BCUT2D eigenvalue weighted by atomic mass is 10.2. The van der Waals surface area contributed by atoms with E-state index in [1.165, 1.54) is 6.20 Å². The first-order valence-electron chi connectivity index (χ1n) is 7.87. The molecular formula is C20H16N4O2. The van der Waals surface area contributed by atoms with Crippen molar-refractivity contribution >= 4 is 23.0 Å². The zero-order valence-electron chi connectivity index (χ0n) is 14.1. The smallest absolute Gasteiger partial charge is 0.274 e. The molecular weight excluding hydrogens is 328 g/mol. The van der Waals surface area contributed by atoms with E-state index in [0.717, 1.165) is 0 Å². The maximum Gasteiger partial charge on any atom is 0.274 e. The topological polar surface area (TPSA) is 87.0 Å². The number of aromatic nitrogens is 1. The number of amides is 1. The van der Waals surface area contributed by atoms with Crippen LogP contribution < -0.4 is 15.4 Å². The van der Waals surface area contributed by atoms with Crippen LogP contribution in [0.2, 0.25) is 0 Å². The maximum absolute atomic E-state index is 12.4. The first-order valence-corrected chi connectivity index (χ1v) is 7.87. The number of nitrogens with zero attached hydrogens (tertiary/aromatic N) is 2. The van der Waals surface area contributed by atoms with Gasteiger partial charge in [-0.2, -0.15) is 5.26 Å². The quantitative estimate of drug-likeness (QED) is 0.731. The van der Waals surface area contributed by atoms with Crippen molar-refractivity contribution in [3.8, 4) is 11.8 Å². The number of rotatable bonds is 5. The van der Waals surface area contributed by atoms with Crippen LogP contribution in [0.15, 0.2) is 66.9 Å². The van der Waals surface area contributed by atoms with Crippen molar-refractivity contribution in [3.63, 3.8) is 0 Å². The van der Waals surface area contributed by atoms with Crippen LogP contribution in [-0.2, 0) is 0 Å². The minimum absolute atomic E-state index is 0.257. The molecule has 0 saturated carbocycles. The lowest BCUT2D eigenvalue weighted by Gasteiger charge is -2.10. The van der Waals surface area contributed by atoms with Gasteiger partial charge in [-0.3, -0.25) is 9.78 Å². The zero-order chi connectivity index (χ0) is 18.4. The van der Waals surface area contributed by atoms with Crippen LogP contribution in [0.3, 0.4) is 0 Å². The van der Waals surface area contributed by atoms with Crippen molar-refractivity contribution < 1.29 is 9.53 Å². The highest BCUT2D eigenvalue weighted by Gasteiger charge is 2.10. The number of hydrogen-bond acceptors (Lipinski definition) is 5. The summed E-state index contributed by atoms with van der Waals surface area (Å²) in [6.45, 7) is 0. The van der Waals surface area contributed by atoms with Crippen LogP contribution in [0.5, 0.6) is 5.75 Å². The molecule has 26 heavy (non-hydrogen) atoms. The third-order valence-corrected chi connectivity index (χ3v) is 3.65. The summed E-state index contributed by atoms with van der Waals surface area (Å²) >= 11 is 0. The Morgan fingerprint density at radius 2 is 1.92 bits per heavy atom. The summed E-state index contributed by atoms with van der Waals surface area (Å²) in [5.41, 5.74) is 2.72. The van der Waals surface area contributed by atoms with E-state index in [2.05, 4.69) is 21.7 Å². The number of nitrogens with one attached hydrogen (secondary N) is 2. The molecule has 0 aliphatic carbocycles. The van der Waals surface area contributed by atoms with E-state index in [-0.39, 0.29) is 11.6 Å². The molecule has 2 aromatic carbocycles. The van der Waals surface area contributed by atoms with Crippen LogP contribution >= 0.6 is 0 Å². The van der Waals surface area contributed by atoms with Crippen molar-refractivity contribution in [1.29, 1.82) is 5.26 Å². The number of hydrogen-bond donors (Lipinski definition) is 2. The summed E-state index contributed by atoms with van der Waals surface area (Å²) in [6, 6.07) is 19.7. The molecule has 0 spiro atoms. The first-order chi connectivity index (χ1) is 12.7. The molecule has 0 aliphatic heterocycles. The van der Waals surface area contributed by atoms with Crippen LogP contribution in [0, 0.1) is 11.3 Å². The Labute approximate surface area is 151 Å². The predicted octanol–water partition coefficient (Wildman–Crippen LogP) is 3.96. The maximum atomic E-state index is 12.4. The van der Waals surface area contributed by atoms with Gasteiger partial charge in [0, 0.05) is 23.6 Å². The molecule has 6 heteroatoms. The molecule has 1 aromatic heterocycles. The number of nitriles is 1. The Bertz CT molecular complexity index is 979. The summed E-state index contributed by atoms with van der Waals surface area (Å²) < 4.78 is 5.15. The van der Waals surface area contributed by atoms with Gasteiger partial charge >= 0.3 is 0 Å². The summed E-state index contributed by atoms with van der Waals surface area (Å²) in [5, 5.41) is 15.1. The van der Waals surface area contributed by atoms with Crippen molar-refractivity contribution in [3.05, 3.63) is 78.1 Å². The number of ether oxygens (including phenoxy) is 1. The lowest BCUT2D eigenvalue weighted by Crippen LogP contribution is -2.13. The third kappa shape index (κ3) is 3.97. The minimum Gasteiger partial charge on any atom is -0.497 e. The highest BCUT2D eigenvalue weighted by atomic mass is 16.5. The summed E-state index contributed by atoms with van der Waals surface area (Å²) in [5.74, 6) is 0.315. The van der Waals surface area contributed by atoms with E-state index in [0.29, 0.717) is 28.4 Å². The fourth-order valence-electron chi connectivity index (χ4n) is 2.37. The molecule has 0 aliphatic rings. The molecule has 2 N–H and O–H groups in total. The lowest BCUT2D eigenvalue weighted by molar-refractivity contribution is 0.102. The average Bonchev–Trinajstić information content (AvgIpc) is 2.69. The monoisotopic (exact) mass is 344 g/mol. The van der Waals surface area contributed by atoms with Crippen molar-refractivity contribution in [2.75, 3.05) is 17.7 Å². The van der Waals surface area contributed by atoms with Gasteiger partial charge in [0.05, 0.1) is 18.4 Å².